The van der Waals surface area contributed by atoms with Crippen LogP contribution in [-0.4, -0.2) is 22.4 Å². The van der Waals surface area contributed by atoms with Crippen molar-refractivity contribution in [3.8, 4) is 0 Å². The van der Waals surface area contributed by atoms with Crippen LogP contribution >= 0.6 is 0 Å². The maximum absolute atomic E-state index is 12.1. The number of anilines is 2. The van der Waals surface area contributed by atoms with E-state index >= 15 is 0 Å². The van der Waals surface area contributed by atoms with E-state index in [1.807, 2.05) is 24.3 Å². The monoisotopic (exact) mass is 298 g/mol. The van der Waals surface area contributed by atoms with Gasteiger partial charge in [-0.25, -0.2) is 9.97 Å². The van der Waals surface area contributed by atoms with Gasteiger partial charge in [-0.1, -0.05) is 32.9 Å². The molecule has 5 heteroatoms. The molecule has 22 heavy (non-hydrogen) atoms. The highest BCUT2D eigenvalue weighted by Crippen LogP contribution is 2.17. The average Bonchev–Trinajstić information content (AvgIpc) is 2.54. The molecule has 1 amide bonds. The molecule has 0 saturated carbocycles. The summed E-state index contributed by atoms with van der Waals surface area (Å²) in [7, 11) is 0. The average molecular weight is 298 g/mol. The largest absolute Gasteiger partial charge is 0.369 e. The minimum absolute atomic E-state index is 0.258. The van der Waals surface area contributed by atoms with Gasteiger partial charge in [0.15, 0.2) is 0 Å². The van der Waals surface area contributed by atoms with Crippen LogP contribution in [0.2, 0.25) is 0 Å². The van der Waals surface area contributed by atoms with E-state index in [4.69, 9.17) is 0 Å². The van der Waals surface area contributed by atoms with E-state index in [0.717, 1.165) is 18.7 Å². The van der Waals surface area contributed by atoms with Crippen LogP contribution in [0.3, 0.4) is 0 Å². The third kappa shape index (κ3) is 4.28. The number of hydrogen-bond acceptors (Lipinski definition) is 4. The number of nitrogens with zero attached hydrogens (tertiary/aromatic N) is 2. The van der Waals surface area contributed by atoms with Gasteiger partial charge in [0.1, 0.15) is 11.5 Å². The van der Waals surface area contributed by atoms with Gasteiger partial charge in [0.25, 0.3) is 5.91 Å². The Labute approximate surface area is 131 Å². The number of carbonyl (C=O) groups excluding carboxylic acids is 1. The Kier molecular flexibility index (Phi) is 5.47. The van der Waals surface area contributed by atoms with Crippen LogP contribution in [0.4, 0.5) is 11.5 Å². The van der Waals surface area contributed by atoms with E-state index in [1.54, 1.807) is 6.20 Å². The summed E-state index contributed by atoms with van der Waals surface area (Å²) in [5, 5.41) is 5.95. The van der Waals surface area contributed by atoms with Crippen molar-refractivity contribution in [1.82, 2.24) is 9.97 Å². The standard InChI is InChI=1S/C17H22N4O/c1-4-9-18-16-11-19-15(10-20-16)17(22)21-14-7-5-13(6-8-14)12(2)3/h5-8,10-12H,4,9H2,1-3H3,(H,18,20)(H,21,22). The Hall–Kier alpha value is -2.43. The number of rotatable bonds is 6. The first-order valence-corrected chi connectivity index (χ1v) is 7.57. The second kappa shape index (κ2) is 7.54. The molecule has 2 N–H and O–H groups in total. The molecule has 0 spiro atoms. The number of carbonyl (C=O) groups is 1. The second-order valence-corrected chi connectivity index (χ2v) is 5.44. The molecule has 0 atom stereocenters. The van der Waals surface area contributed by atoms with Crippen molar-refractivity contribution in [2.24, 2.45) is 0 Å². The molecule has 1 heterocycles. The van der Waals surface area contributed by atoms with Gasteiger partial charge in [-0.3, -0.25) is 4.79 Å². The lowest BCUT2D eigenvalue weighted by atomic mass is 10.0. The zero-order valence-electron chi connectivity index (χ0n) is 13.3. The van der Waals surface area contributed by atoms with Crippen molar-refractivity contribution in [3.05, 3.63) is 47.9 Å². The number of hydrogen-bond donors (Lipinski definition) is 2. The topological polar surface area (TPSA) is 66.9 Å². The molecule has 0 unspecified atom stereocenters. The summed E-state index contributed by atoms with van der Waals surface area (Å²) in [5.74, 6) is 0.894. The van der Waals surface area contributed by atoms with Gasteiger partial charge >= 0.3 is 0 Å². The molecule has 0 aliphatic carbocycles. The Balaban J connectivity index is 1.99. The van der Waals surface area contributed by atoms with Crippen LogP contribution in [0.5, 0.6) is 0 Å². The van der Waals surface area contributed by atoms with Crippen molar-refractivity contribution in [2.75, 3.05) is 17.2 Å². The first kappa shape index (κ1) is 15.9. The lowest BCUT2D eigenvalue weighted by Gasteiger charge is -2.08. The molecule has 0 radical (unpaired) electrons. The zero-order valence-corrected chi connectivity index (χ0v) is 13.3. The van der Waals surface area contributed by atoms with Crippen molar-refractivity contribution in [1.29, 1.82) is 0 Å². The number of nitrogens with one attached hydrogen (secondary N) is 2. The highest BCUT2D eigenvalue weighted by molar-refractivity contribution is 6.02. The summed E-state index contributed by atoms with van der Waals surface area (Å²) in [4.78, 5) is 20.4. The summed E-state index contributed by atoms with van der Waals surface area (Å²) in [6.07, 6.45) is 4.07. The first-order valence-electron chi connectivity index (χ1n) is 7.57. The molecule has 1 aromatic carbocycles. The number of amides is 1. The van der Waals surface area contributed by atoms with Crippen molar-refractivity contribution >= 4 is 17.4 Å². The molecular formula is C17H22N4O. The highest BCUT2D eigenvalue weighted by Gasteiger charge is 2.08. The van der Waals surface area contributed by atoms with Gasteiger partial charge < -0.3 is 10.6 Å². The number of benzene rings is 1. The SMILES string of the molecule is CCCNc1cnc(C(=O)Nc2ccc(C(C)C)cc2)cn1. The molecule has 0 fully saturated rings. The predicted molar refractivity (Wildman–Crippen MR) is 89.3 cm³/mol. The van der Waals surface area contributed by atoms with Crippen LogP contribution in [0, 0.1) is 0 Å². The predicted octanol–water partition coefficient (Wildman–Crippen LogP) is 3.67. The van der Waals surface area contributed by atoms with Crippen LogP contribution in [0.25, 0.3) is 0 Å². The summed E-state index contributed by atoms with van der Waals surface area (Å²) in [6.45, 7) is 7.18. The summed E-state index contributed by atoms with van der Waals surface area (Å²) in [6, 6.07) is 7.84. The fourth-order valence-electron chi connectivity index (χ4n) is 1.94. The Morgan fingerprint density at radius 3 is 2.41 bits per heavy atom. The van der Waals surface area contributed by atoms with Crippen LogP contribution in [0.1, 0.15) is 49.2 Å². The molecular weight excluding hydrogens is 276 g/mol. The summed E-state index contributed by atoms with van der Waals surface area (Å²) in [5.41, 5.74) is 2.29. The van der Waals surface area contributed by atoms with E-state index in [9.17, 15) is 4.79 Å². The molecule has 0 saturated heterocycles. The van der Waals surface area contributed by atoms with Crippen molar-refractivity contribution < 1.29 is 4.79 Å². The fraction of sp³-hybridized carbons (Fsp3) is 0.353. The summed E-state index contributed by atoms with van der Waals surface area (Å²) < 4.78 is 0. The maximum Gasteiger partial charge on any atom is 0.275 e. The molecule has 0 bridgehead atoms. The molecule has 0 aliphatic heterocycles. The highest BCUT2D eigenvalue weighted by atomic mass is 16.1. The maximum atomic E-state index is 12.1. The van der Waals surface area contributed by atoms with Gasteiger partial charge in [-0.05, 0) is 30.0 Å². The second-order valence-electron chi connectivity index (χ2n) is 5.44. The van der Waals surface area contributed by atoms with Gasteiger partial charge in [0.05, 0.1) is 12.4 Å². The third-order valence-corrected chi connectivity index (χ3v) is 3.28. The van der Waals surface area contributed by atoms with Gasteiger partial charge in [-0.2, -0.15) is 0 Å². The van der Waals surface area contributed by atoms with E-state index in [-0.39, 0.29) is 5.91 Å². The minimum Gasteiger partial charge on any atom is -0.369 e. The van der Waals surface area contributed by atoms with E-state index in [2.05, 4.69) is 41.4 Å². The van der Waals surface area contributed by atoms with Crippen LogP contribution in [0.15, 0.2) is 36.7 Å². The van der Waals surface area contributed by atoms with Crippen molar-refractivity contribution in [3.63, 3.8) is 0 Å². The quantitative estimate of drug-likeness (QED) is 0.854. The van der Waals surface area contributed by atoms with Crippen molar-refractivity contribution in [2.45, 2.75) is 33.1 Å². The fourth-order valence-corrected chi connectivity index (χ4v) is 1.94. The molecule has 0 aliphatic rings. The smallest absolute Gasteiger partial charge is 0.275 e. The number of aromatic nitrogens is 2. The van der Waals surface area contributed by atoms with Gasteiger partial charge in [-0.15, -0.1) is 0 Å². The van der Waals surface area contributed by atoms with Gasteiger partial charge in [0, 0.05) is 12.2 Å². The molecule has 2 aromatic rings. The lowest BCUT2D eigenvalue weighted by Crippen LogP contribution is -2.14. The first-order chi connectivity index (χ1) is 10.6. The zero-order chi connectivity index (χ0) is 15.9. The lowest BCUT2D eigenvalue weighted by molar-refractivity contribution is 0.102. The Morgan fingerprint density at radius 1 is 1.14 bits per heavy atom. The molecule has 2 rings (SSSR count). The van der Waals surface area contributed by atoms with E-state index < -0.39 is 0 Å². The van der Waals surface area contributed by atoms with Gasteiger partial charge in [0.2, 0.25) is 0 Å². The van der Waals surface area contributed by atoms with Crippen LogP contribution < -0.4 is 10.6 Å². The van der Waals surface area contributed by atoms with E-state index in [1.165, 1.54) is 11.8 Å². The summed E-state index contributed by atoms with van der Waals surface area (Å²) >= 11 is 0. The minimum atomic E-state index is -0.258. The van der Waals surface area contributed by atoms with E-state index in [0.29, 0.717) is 17.4 Å². The van der Waals surface area contributed by atoms with Crippen LogP contribution in [-0.2, 0) is 0 Å². The molecule has 116 valence electrons. The Morgan fingerprint density at radius 2 is 1.86 bits per heavy atom. The normalized spacial score (nSPS) is 10.5. The molecule has 5 nitrogen and oxygen atoms in total. The third-order valence-electron chi connectivity index (χ3n) is 3.28. The molecule has 1 aromatic heterocycles. The Bertz CT molecular complexity index is 606.